The smallest absolute Gasteiger partial charge is 0.438 e. The molecule has 3 aromatic carbocycles. The third kappa shape index (κ3) is 8.62. The van der Waals surface area contributed by atoms with E-state index in [1.54, 1.807) is 0 Å². The van der Waals surface area contributed by atoms with Crippen LogP contribution in [0.5, 0.6) is 0 Å². The van der Waals surface area contributed by atoms with Crippen molar-refractivity contribution in [3.63, 3.8) is 0 Å². The fraction of sp³-hybridized carbons (Fsp3) is 0.355. The molecule has 1 saturated heterocycles. The van der Waals surface area contributed by atoms with E-state index in [2.05, 4.69) is 0 Å². The molecule has 9 nitrogen and oxygen atoms in total. The van der Waals surface area contributed by atoms with Crippen molar-refractivity contribution in [2.24, 2.45) is 0 Å². The minimum Gasteiger partial charge on any atom is -0.438 e. The van der Waals surface area contributed by atoms with Crippen molar-refractivity contribution in [3.8, 4) is 0 Å². The summed E-state index contributed by atoms with van der Waals surface area (Å²) in [5.74, 6) is -0.613. The number of hydrogen-bond acceptors (Lipinski definition) is 9. The van der Waals surface area contributed by atoms with Gasteiger partial charge in [0, 0.05) is 6.92 Å². The summed E-state index contributed by atoms with van der Waals surface area (Å²) in [4.78, 5) is 24.3. The summed E-state index contributed by atoms with van der Waals surface area (Å²) in [5, 5.41) is 0. The van der Waals surface area contributed by atoms with Gasteiger partial charge in [0.05, 0.1) is 33.5 Å². The van der Waals surface area contributed by atoms with E-state index in [-0.39, 0.29) is 19.8 Å². The van der Waals surface area contributed by atoms with Gasteiger partial charge in [-0.25, -0.2) is 4.79 Å². The van der Waals surface area contributed by atoms with Crippen molar-refractivity contribution in [2.75, 3.05) is 13.7 Å². The van der Waals surface area contributed by atoms with Crippen LogP contribution < -0.4 is 0 Å². The van der Waals surface area contributed by atoms with Crippen LogP contribution in [0.15, 0.2) is 91.0 Å². The van der Waals surface area contributed by atoms with Crippen molar-refractivity contribution in [2.45, 2.75) is 57.5 Å². The number of rotatable bonds is 12. The maximum Gasteiger partial charge on any atom is 0.508 e. The van der Waals surface area contributed by atoms with Crippen molar-refractivity contribution in [3.05, 3.63) is 108 Å². The fourth-order valence-electron chi connectivity index (χ4n) is 4.35. The minimum atomic E-state index is -1.28. The number of hydrogen-bond donors (Lipinski definition) is 0. The predicted molar refractivity (Wildman–Crippen MR) is 144 cm³/mol. The molecule has 0 N–H and O–H groups in total. The lowest BCUT2D eigenvalue weighted by Crippen LogP contribution is -2.62. The van der Waals surface area contributed by atoms with E-state index in [0.717, 1.165) is 16.7 Å². The predicted octanol–water partition coefficient (Wildman–Crippen LogP) is 4.81. The summed E-state index contributed by atoms with van der Waals surface area (Å²) in [6.45, 7) is 2.10. The molecule has 0 unspecified atom stereocenters. The largest absolute Gasteiger partial charge is 0.508 e. The minimum absolute atomic E-state index is 0.0995. The Hall–Kier alpha value is -3.76. The summed E-state index contributed by atoms with van der Waals surface area (Å²) in [6.07, 6.45) is -5.81. The highest BCUT2D eigenvalue weighted by Gasteiger charge is 2.51. The SMILES string of the molecule is COC(=O)O[C@H]1[C@@H](OC(C)=O)O[C@H](COCc2ccccc2)[C@H](OCc2ccccc2)[C@@H]1OCc1ccccc1. The molecule has 1 aliphatic heterocycles. The molecular weight excluding hydrogens is 516 g/mol. The van der Waals surface area contributed by atoms with Crippen LogP contribution in [-0.2, 0) is 57.8 Å². The van der Waals surface area contributed by atoms with Gasteiger partial charge in [-0.15, -0.1) is 0 Å². The van der Waals surface area contributed by atoms with E-state index in [9.17, 15) is 9.59 Å². The van der Waals surface area contributed by atoms with E-state index < -0.39 is 42.8 Å². The highest BCUT2D eigenvalue weighted by molar-refractivity contribution is 5.66. The second-order valence-corrected chi connectivity index (χ2v) is 9.21. The molecule has 0 radical (unpaired) electrons. The van der Waals surface area contributed by atoms with E-state index in [4.69, 9.17) is 33.2 Å². The number of carbonyl (C=O) groups excluding carboxylic acids is 2. The molecule has 0 amide bonds. The van der Waals surface area contributed by atoms with Gasteiger partial charge in [0.15, 0.2) is 6.10 Å². The van der Waals surface area contributed by atoms with Crippen LogP contribution in [0.2, 0.25) is 0 Å². The Labute approximate surface area is 233 Å². The standard InChI is InChI=1S/C31H34O9/c1-22(32)38-30-29(40-31(33)34-2)28(37-20-25-16-10-5-11-17-25)27(36-19-24-14-8-4-9-15-24)26(39-30)21-35-18-23-12-6-3-7-13-23/h3-17,26-30H,18-21H2,1-2H3/t26-,27+,28+,29-,30+/m1/s1. The number of ether oxygens (including phenoxy) is 7. The summed E-state index contributed by atoms with van der Waals surface area (Å²) < 4.78 is 40.7. The van der Waals surface area contributed by atoms with Gasteiger partial charge in [0.2, 0.25) is 6.29 Å². The maximum atomic E-state index is 12.3. The average molecular weight is 551 g/mol. The first-order chi connectivity index (χ1) is 19.5. The Morgan fingerprint density at radius 2 is 1.18 bits per heavy atom. The molecule has 212 valence electrons. The molecular formula is C31H34O9. The number of carbonyl (C=O) groups is 2. The van der Waals surface area contributed by atoms with Crippen LogP contribution in [0.1, 0.15) is 23.6 Å². The second-order valence-electron chi connectivity index (χ2n) is 9.21. The number of esters is 1. The van der Waals surface area contributed by atoms with Crippen LogP contribution >= 0.6 is 0 Å². The summed E-state index contributed by atoms with van der Waals surface area (Å²) in [7, 11) is 1.19. The van der Waals surface area contributed by atoms with Crippen LogP contribution in [0.4, 0.5) is 4.79 Å². The van der Waals surface area contributed by atoms with Gasteiger partial charge < -0.3 is 33.2 Å². The third-order valence-electron chi connectivity index (χ3n) is 6.24. The average Bonchev–Trinajstić information content (AvgIpc) is 2.98. The van der Waals surface area contributed by atoms with Crippen LogP contribution in [-0.4, -0.2) is 56.5 Å². The Morgan fingerprint density at radius 3 is 1.68 bits per heavy atom. The van der Waals surface area contributed by atoms with Gasteiger partial charge >= 0.3 is 12.1 Å². The highest BCUT2D eigenvalue weighted by Crippen LogP contribution is 2.31. The van der Waals surface area contributed by atoms with Crippen molar-refractivity contribution >= 4 is 12.1 Å². The molecule has 0 aliphatic carbocycles. The zero-order valence-corrected chi connectivity index (χ0v) is 22.5. The van der Waals surface area contributed by atoms with Gasteiger partial charge in [-0.3, -0.25) is 4.79 Å². The first kappa shape index (κ1) is 29.2. The zero-order chi connectivity index (χ0) is 28.2. The maximum absolute atomic E-state index is 12.3. The molecule has 9 heteroatoms. The number of benzene rings is 3. The van der Waals surface area contributed by atoms with E-state index in [0.29, 0.717) is 6.61 Å². The summed E-state index contributed by atoms with van der Waals surface area (Å²) in [6, 6.07) is 28.9. The van der Waals surface area contributed by atoms with Crippen LogP contribution in [0.3, 0.4) is 0 Å². The Kier molecular flexibility index (Phi) is 11.1. The van der Waals surface area contributed by atoms with Gasteiger partial charge in [-0.2, -0.15) is 0 Å². The zero-order valence-electron chi connectivity index (χ0n) is 22.5. The second kappa shape index (κ2) is 15.1. The van der Waals surface area contributed by atoms with Gasteiger partial charge in [-0.1, -0.05) is 91.0 Å². The van der Waals surface area contributed by atoms with Crippen LogP contribution in [0.25, 0.3) is 0 Å². The topological polar surface area (TPSA) is 98.8 Å². The third-order valence-corrected chi connectivity index (χ3v) is 6.24. The highest BCUT2D eigenvalue weighted by atomic mass is 16.8. The number of methoxy groups -OCH3 is 1. The molecule has 40 heavy (non-hydrogen) atoms. The molecule has 0 aromatic heterocycles. The van der Waals surface area contributed by atoms with Gasteiger partial charge in [0.1, 0.15) is 18.3 Å². The molecule has 1 heterocycles. The molecule has 4 rings (SSSR count). The molecule has 1 aliphatic rings. The fourth-order valence-corrected chi connectivity index (χ4v) is 4.35. The van der Waals surface area contributed by atoms with Crippen molar-refractivity contribution in [1.29, 1.82) is 0 Å². The Balaban J connectivity index is 1.62. The Morgan fingerprint density at radius 1 is 0.675 bits per heavy atom. The molecule has 0 bridgehead atoms. The van der Waals surface area contributed by atoms with E-state index >= 15 is 0 Å². The molecule has 3 aromatic rings. The van der Waals surface area contributed by atoms with Crippen LogP contribution in [0, 0.1) is 0 Å². The van der Waals surface area contributed by atoms with Crippen molar-refractivity contribution in [1.82, 2.24) is 0 Å². The van der Waals surface area contributed by atoms with Crippen molar-refractivity contribution < 1.29 is 42.7 Å². The lowest BCUT2D eigenvalue weighted by atomic mass is 9.98. The lowest BCUT2D eigenvalue weighted by molar-refractivity contribution is -0.311. The molecule has 0 saturated carbocycles. The normalized spacial score (nSPS) is 22.3. The first-order valence-electron chi connectivity index (χ1n) is 13.0. The quantitative estimate of drug-likeness (QED) is 0.294. The first-order valence-corrected chi connectivity index (χ1v) is 13.0. The summed E-state index contributed by atoms with van der Waals surface area (Å²) >= 11 is 0. The lowest BCUT2D eigenvalue weighted by Gasteiger charge is -2.44. The van der Waals surface area contributed by atoms with Gasteiger partial charge in [-0.05, 0) is 16.7 Å². The van der Waals surface area contributed by atoms with Gasteiger partial charge in [0.25, 0.3) is 0 Å². The van der Waals surface area contributed by atoms with E-state index in [1.165, 1.54) is 14.0 Å². The van der Waals surface area contributed by atoms with E-state index in [1.807, 2.05) is 91.0 Å². The molecule has 0 spiro atoms. The monoisotopic (exact) mass is 550 g/mol. The molecule has 5 atom stereocenters. The summed E-state index contributed by atoms with van der Waals surface area (Å²) in [5.41, 5.74) is 2.81. The molecule has 1 fully saturated rings. The Bertz CT molecular complexity index is 1170.